The van der Waals surface area contributed by atoms with Gasteiger partial charge in [-0.1, -0.05) is 29.8 Å². The van der Waals surface area contributed by atoms with Crippen LogP contribution in [0, 0.1) is 17.3 Å². The SMILES string of the molecule is CSc1ccc([C@H]2C[C@]3(C)C(=NO)CC[C@H]3[C@@H]3CC[C@@]4(O)CC5(CCC4=C32)OCCO5)cc1. The molecule has 1 saturated heterocycles. The number of rotatable bonds is 2. The molecule has 3 saturated carbocycles. The molecular formula is C27H35NO4S. The summed E-state index contributed by atoms with van der Waals surface area (Å²) in [5, 5.41) is 25.7. The fourth-order valence-electron chi connectivity index (χ4n) is 8.10. The molecule has 33 heavy (non-hydrogen) atoms. The summed E-state index contributed by atoms with van der Waals surface area (Å²) >= 11 is 1.76. The molecule has 1 spiro atoms. The molecule has 1 aromatic rings. The molecule has 1 aliphatic heterocycles. The van der Waals surface area contributed by atoms with E-state index in [0.29, 0.717) is 31.5 Å². The zero-order valence-corrected chi connectivity index (χ0v) is 20.5. The van der Waals surface area contributed by atoms with Gasteiger partial charge in [0, 0.05) is 29.1 Å². The Bertz CT molecular complexity index is 998. The van der Waals surface area contributed by atoms with E-state index in [1.807, 2.05) is 0 Å². The molecule has 0 aromatic heterocycles. The van der Waals surface area contributed by atoms with Crippen LogP contribution in [0.1, 0.15) is 69.8 Å². The maximum Gasteiger partial charge on any atom is 0.171 e. The molecule has 2 N–H and O–H groups in total. The third-order valence-corrected chi connectivity index (χ3v) is 10.4. The van der Waals surface area contributed by atoms with Crippen molar-refractivity contribution in [2.45, 2.75) is 80.5 Å². The Kier molecular flexibility index (Phi) is 5.26. The van der Waals surface area contributed by atoms with E-state index in [2.05, 4.69) is 42.6 Å². The van der Waals surface area contributed by atoms with Gasteiger partial charge in [0.15, 0.2) is 5.79 Å². The van der Waals surface area contributed by atoms with Crippen molar-refractivity contribution in [1.82, 2.24) is 0 Å². The molecule has 4 fully saturated rings. The third-order valence-electron chi connectivity index (χ3n) is 9.61. The van der Waals surface area contributed by atoms with Gasteiger partial charge in [-0.25, -0.2) is 0 Å². The van der Waals surface area contributed by atoms with Gasteiger partial charge in [-0.05, 0) is 79.9 Å². The van der Waals surface area contributed by atoms with E-state index >= 15 is 0 Å². The van der Waals surface area contributed by atoms with Crippen LogP contribution in [0.5, 0.6) is 0 Å². The van der Waals surface area contributed by atoms with Crippen LogP contribution in [0.4, 0.5) is 0 Å². The normalized spacial score (nSPS) is 40.7. The second-order valence-corrected chi connectivity index (χ2v) is 11.9. The number of thioether (sulfide) groups is 1. The van der Waals surface area contributed by atoms with Crippen molar-refractivity contribution >= 4 is 17.5 Å². The summed E-state index contributed by atoms with van der Waals surface area (Å²) in [6, 6.07) is 8.98. The molecular weight excluding hydrogens is 434 g/mol. The number of oxime groups is 1. The Hall–Kier alpha value is -1.34. The average molecular weight is 470 g/mol. The average Bonchev–Trinajstić information content (AvgIpc) is 3.41. The van der Waals surface area contributed by atoms with E-state index < -0.39 is 11.4 Å². The topological polar surface area (TPSA) is 71.3 Å². The Morgan fingerprint density at radius 2 is 1.82 bits per heavy atom. The minimum atomic E-state index is -0.841. The lowest BCUT2D eigenvalue weighted by Crippen LogP contribution is -2.53. The monoisotopic (exact) mass is 469 g/mol. The fourth-order valence-corrected chi connectivity index (χ4v) is 8.51. The maximum atomic E-state index is 12.0. The Morgan fingerprint density at radius 3 is 2.52 bits per heavy atom. The van der Waals surface area contributed by atoms with E-state index in [4.69, 9.17) is 9.47 Å². The molecule has 0 radical (unpaired) electrons. The van der Waals surface area contributed by atoms with Gasteiger partial charge in [-0.2, -0.15) is 0 Å². The molecule has 0 unspecified atom stereocenters. The first-order chi connectivity index (χ1) is 15.9. The van der Waals surface area contributed by atoms with Crippen LogP contribution in [0.3, 0.4) is 0 Å². The van der Waals surface area contributed by atoms with Crippen LogP contribution in [0.15, 0.2) is 45.5 Å². The number of benzene rings is 1. The molecule has 0 bridgehead atoms. The maximum absolute atomic E-state index is 12.0. The zero-order valence-electron chi connectivity index (χ0n) is 19.7. The summed E-state index contributed by atoms with van der Waals surface area (Å²) in [4.78, 5) is 1.27. The van der Waals surface area contributed by atoms with Crippen molar-refractivity contribution in [2.24, 2.45) is 22.4 Å². The summed E-state index contributed by atoms with van der Waals surface area (Å²) in [7, 11) is 0. The number of ether oxygens (including phenoxy) is 2. The number of aliphatic hydroxyl groups is 1. The number of fused-ring (bicyclic) bond motifs is 4. The van der Waals surface area contributed by atoms with Gasteiger partial charge >= 0.3 is 0 Å². The molecule has 1 aromatic carbocycles. The highest BCUT2D eigenvalue weighted by Gasteiger charge is 2.60. The van der Waals surface area contributed by atoms with Gasteiger partial charge in [0.2, 0.25) is 0 Å². The van der Waals surface area contributed by atoms with E-state index in [1.54, 1.807) is 11.8 Å². The lowest BCUT2D eigenvalue weighted by atomic mass is 9.51. The van der Waals surface area contributed by atoms with Gasteiger partial charge in [-0.15, -0.1) is 11.8 Å². The molecule has 178 valence electrons. The molecule has 6 rings (SSSR count). The molecule has 0 amide bonds. The van der Waals surface area contributed by atoms with Crippen molar-refractivity contribution in [3.8, 4) is 0 Å². The number of allylic oxidation sites excluding steroid dienone is 1. The highest BCUT2D eigenvalue weighted by Crippen LogP contribution is 2.64. The molecule has 6 heteroatoms. The molecule has 5 nitrogen and oxygen atoms in total. The molecule has 4 aliphatic carbocycles. The lowest BCUT2D eigenvalue weighted by molar-refractivity contribution is -0.208. The first kappa shape index (κ1) is 22.1. The van der Waals surface area contributed by atoms with Crippen LogP contribution in [0.25, 0.3) is 0 Å². The second kappa shape index (κ2) is 7.84. The second-order valence-electron chi connectivity index (χ2n) is 11.0. The highest BCUT2D eigenvalue weighted by molar-refractivity contribution is 7.98. The van der Waals surface area contributed by atoms with Crippen molar-refractivity contribution in [2.75, 3.05) is 19.5 Å². The minimum absolute atomic E-state index is 0.0880. The van der Waals surface area contributed by atoms with Crippen LogP contribution in [-0.4, -0.2) is 46.9 Å². The van der Waals surface area contributed by atoms with E-state index in [1.165, 1.54) is 21.6 Å². The summed E-state index contributed by atoms with van der Waals surface area (Å²) in [6.07, 6.45) is 8.96. The van der Waals surface area contributed by atoms with Crippen molar-refractivity contribution in [3.05, 3.63) is 41.0 Å². The van der Waals surface area contributed by atoms with Gasteiger partial charge in [0.25, 0.3) is 0 Å². The van der Waals surface area contributed by atoms with Gasteiger partial charge in [-0.3, -0.25) is 0 Å². The Labute approximate surface area is 200 Å². The first-order valence-corrected chi connectivity index (χ1v) is 13.7. The predicted molar refractivity (Wildman–Crippen MR) is 129 cm³/mol. The fraction of sp³-hybridized carbons (Fsp3) is 0.667. The predicted octanol–water partition coefficient (Wildman–Crippen LogP) is 5.51. The number of hydrogen-bond acceptors (Lipinski definition) is 6. The standard InChI is InChI=1S/C27H35NO4S/c1-25-15-20(17-3-5-18(33-2)6-4-17)24-19(21(25)7-8-23(25)28-30)9-11-26(29)16-27(12-10-22(24)26)31-13-14-32-27/h3-6,19-21,29-30H,7-16H2,1-2H3/t19-,20+,21-,25-,26+/m0/s1. The number of nitrogens with zero attached hydrogens (tertiary/aromatic N) is 1. The largest absolute Gasteiger partial charge is 0.411 e. The summed E-state index contributed by atoms with van der Waals surface area (Å²) in [5.41, 5.74) is 4.11. The van der Waals surface area contributed by atoms with Crippen LogP contribution < -0.4 is 0 Å². The summed E-state index contributed by atoms with van der Waals surface area (Å²) in [5.74, 6) is 0.548. The van der Waals surface area contributed by atoms with E-state index in [0.717, 1.165) is 50.7 Å². The first-order valence-electron chi connectivity index (χ1n) is 12.5. The Morgan fingerprint density at radius 1 is 1.06 bits per heavy atom. The zero-order chi connectivity index (χ0) is 22.8. The van der Waals surface area contributed by atoms with Crippen molar-refractivity contribution in [1.29, 1.82) is 0 Å². The van der Waals surface area contributed by atoms with Gasteiger partial charge in [0.05, 0.1) is 24.5 Å². The van der Waals surface area contributed by atoms with Crippen LogP contribution in [0.2, 0.25) is 0 Å². The molecule has 5 atom stereocenters. The van der Waals surface area contributed by atoms with E-state index in [-0.39, 0.29) is 11.3 Å². The lowest BCUT2D eigenvalue weighted by Gasteiger charge is -2.55. The van der Waals surface area contributed by atoms with E-state index in [9.17, 15) is 10.3 Å². The number of hydrogen-bond donors (Lipinski definition) is 2. The molecule has 1 heterocycles. The minimum Gasteiger partial charge on any atom is -0.411 e. The van der Waals surface area contributed by atoms with Gasteiger partial charge < -0.3 is 19.8 Å². The van der Waals surface area contributed by atoms with Crippen molar-refractivity contribution < 1.29 is 19.8 Å². The van der Waals surface area contributed by atoms with Crippen LogP contribution >= 0.6 is 11.8 Å². The van der Waals surface area contributed by atoms with Gasteiger partial charge in [0.1, 0.15) is 0 Å². The van der Waals surface area contributed by atoms with Crippen LogP contribution in [-0.2, 0) is 9.47 Å². The molecule has 5 aliphatic rings. The van der Waals surface area contributed by atoms with Crippen molar-refractivity contribution in [3.63, 3.8) is 0 Å². The Balaban J connectivity index is 1.47. The summed E-state index contributed by atoms with van der Waals surface area (Å²) in [6.45, 7) is 3.57. The summed E-state index contributed by atoms with van der Waals surface area (Å²) < 4.78 is 12.1. The highest BCUT2D eigenvalue weighted by atomic mass is 32.2. The smallest absolute Gasteiger partial charge is 0.171 e. The quantitative estimate of drug-likeness (QED) is 0.259. The third kappa shape index (κ3) is 3.28.